The van der Waals surface area contributed by atoms with Gasteiger partial charge in [-0.3, -0.25) is 0 Å². The zero-order valence-electron chi connectivity index (χ0n) is 8.87. The Morgan fingerprint density at radius 2 is 2.25 bits per heavy atom. The van der Waals surface area contributed by atoms with Crippen LogP contribution in [0.2, 0.25) is 0 Å². The number of hydrogen-bond donors (Lipinski definition) is 1. The Kier molecular flexibility index (Phi) is 3.85. The van der Waals surface area contributed by atoms with Crippen LogP contribution in [0.3, 0.4) is 0 Å². The SMILES string of the molecule is COc1ccc(NCc2cccs2)c(Br)c1. The molecule has 16 heavy (non-hydrogen) atoms. The van der Waals surface area contributed by atoms with Crippen molar-refractivity contribution in [1.82, 2.24) is 0 Å². The summed E-state index contributed by atoms with van der Waals surface area (Å²) in [6, 6.07) is 10.1. The predicted molar refractivity (Wildman–Crippen MR) is 72.3 cm³/mol. The molecule has 0 amide bonds. The topological polar surface area (TPSA) is 21.3 Å². The van der Waals surface area contributed by atoms with E-state index in [0.717, 1.165) is 22.5 Å². The molecule has 1 N–H and O–H groups in total. The van der Waals surface area contributed by atoms with E-state index in [4.69, 9.17) is 4.74 Å². The minimum atomic E-state index is 0.850. The second-order valence-corrected chi connectivity index (χ2v) is 5.17. The van der Waals surface area contributed by atoms with E-state index in [1.807, 2.05) is 18.2 Å². The minimum Gasteiger partial charge on any atom is -0.497 e. The van der Waals surface area contributed by atoms with Crippen molar-refractivity contribution in [2.45, 2.75) is 6.54 Å². The highest BCUT2D eigenvalue weighted by Crippen LogP contribution is 2.27. The highest BCUT2D eigenvalue weighted by atomic mass is 79.9. The molecule has 0 spiro atoms. The minimum absolute atomic E-state index is 0.850. The van der Waals surface area contributed by atoms with E-state index >= 15 is 0 Å². The number of ether oxygens (including phenoxy) is 1. The van der Waals surface area contributed by atoms with Crippen molar-refractivity contribution in [3.63, 3.8) is 0 Å². The summed E-state index contributed by atoms with van der Waals surface area (Å²) >= 11 is 5.27. The lowest BCUT2D eigenvalue weighted by Crippen LogP contribution is -1.98. The molecule has 84 valence electrons. The Hall–Kier alpha value is -1.00. The fraction of sp³-hybridized carbons (Fsp3) is 0.167. The number of nitrogens with one attached hydrogen (secondary N) is 1. The summed E-state index contributed by atoms with van der Waals surface area (Å²) in [4.78, 5) is 1.32. The molecule has 4 heteroatoms. The number of rotatable bonds is 4. The molecule has 0 atom stereocenters. The normalized spacial score (nSPS) is 10.1. The van der Waals surface area contributed by atoms with Crippen LogP contribution < -0.4 is 10.1 Å². The number of thiophene rings is 1. The molecule has 0 unspecified atom stereocenters. The van der Waals surface area contributed by atoms with Crippen molar-refractivity contribution >= 4 is 33.0 Å². The average molecular weight is 298 g/mol. The summed E-state index contributed by atoms with van der Waals surface area (Å²) < 4.78 is 6.16. The van der Waals surface area contributed by atoms with Crippen molar-refractivity contribution in [3.8, 4) is 5.75 Å². The summed E-state index contributed by atoms with van der Waals surface area (Å²) in [6.45, 7) is 0.850. The molecule has 0 aliphatic rings. The molecule has 0 radical (unpaired) electrons. The predicted octanol–water partition coefficient (Wildman–Crippen LogP) is 4.13. The Morgan fingerprint density at radius 3 is 2.88 bits per heavy atom. The van der Waals surface area contributed by atoms with Gasteiger partial charge >= 0.3 is 0 Å². The molecular weight excluding hydrogens is 286 g/mol. The molecule has 1 aromatic carbocycles. The van der Waals surface area contributed by atoms with Crippen LogP contribution in [-0.4, -0.2) is 7.11 Å². The number of halogens is 1. The first-order valence-electron chi connectivity index (χ1n) is 4.89. The monoisotopic (exact) mass is 297 g/mol. The quantitative estimate of drug-likeness (QED) is 0.916. The van der Waals surface area contributed by atoms with Gasteiger partial charge in [-0.25, -0.2) is 0 Å². The second kappa shape index (κ2) is 5.37. The van der Waals surface area contributed by atoms with Gasteiger partial charge in [0.05, 0.1) is 7.11 Å². The molecule has 2 rings (SSSR count). The molecule has 1 aromatic heterocycles. The maximum Gasteiger partial charge on any atom is 0.120 e. The maximum absolute atomic E-state index is 5.14. The summed E-state index contributed by atoms with van der Waals surface area (Å²) in [5.74, 6) is 0.855. The van der Waals surface area contributed by atoms with Crippen LogP contribution in [0.25, 0.3) is 0 Å². The lowest BCUT2D eigenvalue weighted by molar-refractivity contribution is 0.414. The number of benzene rings is 1. The number of hydrogen-bond acceptors (Lipinski definition) is 3. The molecule has 0 saturated heterocycles. The molecular formula is C12H12BrNOS. The molecule has 2 aromatic rings. The van der Waals surface area contributed by atoms with Crippen LogP contribution in [-0.2, 0) is 6.54 Å². The first-order chi connectivity index (χ1) is 7.79. The number of anilines is 1. The Labute approximate surface area is 107 Å². The molecule has 0 bridgehead atoms. The van der Waals surface area contributed by atoms with Gasteiger partial charge in [0, 0.05) is 21.6 Å². The first kappa shape index (κ1) is 11.5. The van der Waals surface area contributed by atoms with Crippen molar-refractivity contribution in [2.75, 3.05) is 12.4 Å². The van der Waals surface area contributed by atoms with Crippen LogP contribution in [0.1, 0.15) is 4.88 Å². The molecule has 0 fully saturated rings. The smallest absolute Gasteiger partial charge is 0.120 e. The van der Waals surface area contributed by atoms with Crippen molar-refractivity contribution in [3.05, 3.63) is 45.1 Å². The fourth-order valence-corrected chi connectivity index (χ4v) is 2.50. The van der Waals surface area contributed by atoms with E-state index in [-0.39, 0.29) is 0 Å². The second-order valence-electron chi connectivity index (χ2n) is 3.28. The van der Waals surface area contributed by atoms with Crippen LogP contribution in [0.5, 0.6) is 5.75 Å². The van der Waals surface area contributed by atoms with Gasteiger partial charge in [-0.05, 0) is 45.6 Å². The number of methoxy groups -OCH3 is 1. The molecule has 0 aliphatic heterocycles. The fourth-order valence-electron chi connectivity index (χ4n) is 1.36. The molecule has 2 nitrogen and oxygen atoms in total. The van der Waals surface area contributed by atoms with Crippen LogP contribution in [0.4, 0.5) is 5.69 Å². The van der Waals surface area contributed by atoms with Gasteiger partial charge in [-0.1, -0.05) is 6.07 Å². The lowest BCUT2D eigenvalue weighted by Gasteiger charge is -2.08. The highest BCUT2D eigenvalue weighted by molar-refractivity contribution is 9.10. The van der Waals surface area contributed by atoms with Crippen molar-refractivity contribution < 1.29 is 4.74 Å². The highest BCUT2D eigenvalue weighted by Gasteiger charge is 2.01. The van der Waals surface area contributed by atoms with E-state index in [9.17, 15) is 0 Å². The largest absolute Gasteiger partial charge is 0.497 e. The van der Waals surface area contributed by atoms with E-state index in [1.54, 1.807) is 18.4 Å². The third-order valence-electron chi connectivity index (χ3n) is 2.21. The van der Waals surface area contributed by atoms with E-state index in [2.05, 4.69) is 38.8 Å². The summed E-state index contributed by atoms with van der Waals surface area (Å²) in [6.07, 6.45) is 0. The van der Waals surface area contributed by atoms with Gasteiger partial charge in [0.25, 0.3) is 0 Å². The summed E-state index contributed by atoms with van der Waals surface area (Å²) in [7, 11) is 1.67. The van der Waals surface area contributed by atoms with Crippen LogP contribution in [0, 0.1) is 0 Å². The van der Waals surface area contributed by atoms with Crippen molar-refractivity contribution in [2.24, 2.45) is 0 Å². The Bertz CT molecular complexity index is 456. The van der Waals surface area contributed by atoms with Gasteiger partial charge in [0.1, 0.15) is 5.75 Å². The van der Waals surface area contributed by atoms with Gasteiger partial charge in [0.15, 0.2) is 0 Å². The van der Waals surface area contributed by atoms with E-state index in [1.165, 1.54) is 4.88 Å². The first-order valence-corrected chi connectivity index (χ1v) is 6.56. The molecule has 0 saturated carbocycles. The standard InChI is InChI=1S/C12H12BrNOS/c1-15-9-4-5-12(11(13)7-9)14-8-10-3-2-6-16-10/h2-7,14H,8H2,1H3. The van der Waals surface area contributed by atoms with Gasteiger partial charge in [-0.15, -0.1) is 11.3 Å². The zero-order chi connectivity index (χ0) is 11.4. The Balaban J connectivity index is 2.04. The summed E-state index contributed by atoms with van der Waals surface area (Å²) in [5, 5.41) is 5.46. The lowest BCUT2D eigenvalue weighted by atomic mass is 10.3. The zero-order valence-corrected chi connectivity index (χ0v) is 11.3. The van der Waals surface area contributed by atoms with Gasteiger partial charge in [-0.2, -0.15) is 0 Å². The Morgan fingerprint density at radius 1 is 1.38 bits per heavy atom. The average Bonchev–Trinajstić information content (AvgIpc) is 2.80. The third kappa shape index (κ3) is 2.77. The van der Waals surface area contributed by atoms with Crippen LogP contribution >= 0.6 is 27.3 Å². The third-order valence-corrected chi connectivity index (χ3v) is 3.74. The van der Waals surface area contributed by atoms with E-state index in [0.29, 0.717) is 0 Å². The van der Waals surface area contributed by atoms with Crippen LogP contribution in [0.15, 0.2) is 40.2 Å². The molecule has 0 aliphatic carbocycles. The van der Waals surface area contributed by atoms with E-state index < -0.39 is 0 Å². The van der Waals surface area contributed by atoms with Crippen molar-refractivity contribution in [1.29, 1.82) is 0 Å². The van der Waals surface area contributed by atoms with Gasteiger partial charge in [0.2, 0.25) is 0 Å². The van der Waals surface area contributed by atoms with Gasteiger partial charge < -0.3 is 10.1 Å². The summed E-state index contributed by atoms with van der Waals surface area (Å²) in [5.41, 5.74) is 1.08. The molecule has 1 heterocycles. The maximum atomic E-state index is 5.14.